The van der Waals surface area contributed by atoms with Crippen LogP contribution in [0, 0.1) is 5.82 Å². The van der Waals surface area contributed by atoms with Crippen LogP contribution in [-0.2, 0) is 9.59 Å². The topological polar surface area (TPSA) is 81.8 Å². The summed E-state index contributed by atoms with van der Waals surface area (Å²) in [5.41, 5.74) is 3.02. The molecule has 0 bridgehead atoms. The number of carbonyl (C=O) groups excluding carboxylic acids is 3. The molecule has 3 rings (SSSR count). The quantitative estimate of drug-likeness (QED) is 0.664. The van der Waals surface area contributed by atoms with Gasteiger partial charge in [-0.25, -0.2) is 9.40 Å². The molecule has 0 aliphatic carbocycles. The van der Waals surface area contributed by atoms with Crippen LogP contribution in [0.2, 0.25) is 5.02 Å². The molecule has 1 fully saturated rings. The lowest BCUT2D eigenvalue weighted by Gasteiger charge is -2.24. The van der Waals surface area contributed by atoms with E-state index in [1.165, 1.54) is 23.1 Å². The number of benzene rings is 2. The number of nitrogens with one attached hydrogen (secondary N) is 2. The smallest absolute Gasteiger partial charge is 0.269 e. The molecule has 1 aliphatic heterocycles. The molecule has 2 aromatic rings. The van der Waals surface area contributed by atoms with Crippen molar-refractivity contribution in [1.29, 1.82) is 0 Å². The molecule has 10 heteroatoms. The highest BCUT2D eigenvalue weighted by molar-refractivity contribution is 7.80. The maximum Gasteiger partial charge on any atom is 0.269 e. The van der Waals surface area contributed by atoms with Gasteiger partial charge in [0.2, 0.25) is 11.0 Å². The Hall–Kier alpha value is -3.04. The molecule has 1 saturated heterocycles. The predicted molar refractivity (Wildman–Crippen MR) is 114 cm³/mol. The van der Waals surface area contributed by atoms with E-state index in [4.69, 9.17) is 23.8 Å². The van der Waals surface area contributed by atoms with Crippen molar-refractivity contribution in [3.63, 3.8) is 0 Å². The molecule has 0 spiro atoms. The first-order chi connectivity index (χ1) is 14.3. The molecule has 156 valence electrons. The van der Waals surface area contributed by atoms with Gasteiger partial charge < -0.3 is 5.32 Å². The first kappa shape index (κ1) is 21.7. The van der Waals surface area contributed by atoms with Crippen molar-refractivity contribution in [2.45, 2.75) is 19.4 Å². The summed E-state index contributed by atoms with van der Waals surface area (Å²) in [5, 5.41) is 4.25. The Bertz CT molecular complexity index is 1000. The lowest BCUT2D eigenvalue weighted by Crippen LogP contribution is -2.50. The molecule has 0 saturated carbocycles. The number of amides is 3. The van der Waals surface area contributed by atoms with Gasteiger partial charge in [-0.1, -0.05) is 17.7 Å². The predicted octanol–water partition coefficient (Wildman–Crippen LogP) is 2.65. The van der Waals surface area contributed by atoms with Crippen LogP contribution in [0.15, 0.2) is 48.5 Å². The number of hydrogen-bond acceptors (Lipinski definition) is 4. The summed E-state index contributed by atoms with van der Waals surface area (Å²) in [6, 6.07) is 10.4. The summed E-state index contributed by atoms with van der Waals surface area (Å²) < 4.78 is 13.5. The van der Waals surface area contributed by atoms with Gasteiger partial charge in [0.1, 0.15) is 11.9 Å². The zero-order valence-corrected chi connectivity index (χ0v) is 17.5. The van der Waals surface area contributed by atoms with Crippen LogP contribution in [0.4, 0.5) is 10.1 Å². The highest BCUT2D eigenvalue weighted by atomic mass is 35.5. The first-order valence-corrected chi connectivity index (χ1v) is 9.86. The largest absolute Gasteiger partial charge is 0.356 e. The minimum absolute atomic E-state index is 0.0126. The number of thiocarbonyl (C=S) groups is 1. The molecule has 2 aromatic carbocycles. The summed E-state index contributed by atoms with van der Waals surface area (Å²) in [6.07, 6.45) is -0.222. The van der Waals surface area contributed by atoms with Crippen LogP contribution in [-0.4, -0.2) is 40.4 Å². The van der Waals surface area contributed by atoms with Crippen molar-refractivity contribution in [1.82, 2.24) is 15.8 Å². The molecule has 1 atom stereocenters. The maximum atomic E-state index is 13.5. The van der Waals surface area contributed by atoms with E-state index >= 15 is 0 Å². The zero-order chi connectivity index (χ0) is 21.8. The van der Waals surface area contributed by atoms with Gasteiger partial charge in [-0.15, -0.1) is 0 Å². The van der Waals surface area contributed by atoms with Gasteiger partial charge in [-0.3, -0.25) is 24.7 Å². The van der Waals surface area contributed by atoms with Gasteiger partial charge in [0.25, 0.3) is 11.8 Å². The standard InChI is InChI=1S/C20H18ClFN4O3S/c1-2-23-17(27)11-16-19(29)25(15-8-6-13(21)7-9-15)20(30)26(16)24-18(28)12-4-3-5-14(22)10-12/h3-10,16H,2,11H2,1H3,(H,23,27)(H,24,28)/t16-/m0/s1. The average Bonchev–Trinajstić information content (AvgIpc) is 2.93. The molecule has 0 aromatic heterocycles. The summed E-state index contributed by atoms with van der Waals surface area (Å²) in [4.78, 5) is 39.1. The second-order valence-electron chi connectivity index (χ2n) is 6.43. The van der Waals surface area contributed by atoms with Crippen LogP contribution in [0.25, 0.3) is 0 Å². The van der Waals surface area contributed by atoms with E-state index in [2.05, 4.69) is 10.7 Å². The van der Waals surface area contributed by atoms with Crippen molar-refractivity contribution in [3.05, 3.63) is 64.9 Å². The summed E-state index contributed by atoms with van der Waals surface area (Å²) >= 11 is 11.3. The fourth-order valence-electron chi connectivity index (χ4n) is 2.98. The number of halogens is 2. The number of nitrogens with zero attached hydrogens (tertiary/aromatic N) is 2. The third kappa shape index (κ3) is 4.58. The Morgan fingerprint density at radius 3 is 2.53 bits per heavy atom. The van der Waals surface area contributed by atoms with E-state index in [0.29, 0.717) is 17.3 Å². The van der Waals surface area contributed by atoms with E-state index in [0.717, 1.165) is 11.1 Å². The average molecular weight is 449 g/mol. The maximum absolute atomic E-state index is 13.5. The van der Waals surface area contributed by atoms with E-state index in [9.17, 15) is 18.8 Å². The number of rotatable bonds is 6. The van der Waals surface area contributed by atoms with E-state index in [-0.39, 0.29) is 23.0 Å². The van der Waals surface area contributed by atoms with Gasteiger partial charge in [0, 0.05) is 17.1 Å². The van der Waals surface area contributed by atoms with Gasteiger partial charge in [-0.2, -0.15) is 0 Å². The Morgan fingerprint density at radius 2 is 1.90 bits per heavy atom. The fraction of sp³-hybridized carbons (Fsp3) is 0.200. The minimum Gasteiger partial charge on any atom is -0.356 e. The molecule has 30 heavy (non-hydrogen) atoms. The van der Waals surface area contributed by atoms with Gasteiger partial charge in [0.15, 0.2) is 0 Å². The van der Waals surface area contributed by atoms with Crippen LogP contribution in [0.1, 0.15) is 23.7 Å². The van der Waals surface area contributed by atoms with Gasteiger partial charge >= 0.3 is 0 Å². The SMILES string of the molecule is CCNC(=O)C[C@H]1C(=O)N(c2ccc(Cl)cc2)C(=S)N1NC(=O)c1cccc(F)c1. The van der Waals surface area contributed by atoms with Crippen molar-refractivity contribution < 1.29 is 18.8 Å². The Kier molecular flexibility index (Phi) is 6.63. The minimum atomic E-state index is -1.06. The molecule has 7 nitrogen and oxygen atoms in total. The summed E-state index contributed by atoms with van der Waals surface area (Å²) in [7, 11) is 0. The number of carbonyl (C=O) groups is 3. The zero-order valence-electron chi connectivity index (χ0n) is 15.9. The van der Waals surface area contributed by atoms with Gasteiger partial charge in [-0.05, 0) is 61.6 Å². The second kappa shape index (κ2) is 9.19. The fourth-order valence-corrected chi connectivity index (χ4v) is 3.47. The van der Waals surface area contributed by atoms with Crippen LogP contribution in [0.3, 0.4) is 0 Å². The number of hydrogen-bond donors (Lipinski definition) is 2. The van der Waals surface area contributed by atoms with Crippen LogP contribution < -0.4 is 15.6 Å². The van der Waals surface area contributed by atoms with E-state index in [1.807, 2.05) is 0 Å². The van der Waals surface area contributed by atoms with E-state index in [1.54, 1.807) is 31.2 Å². The third-order valence-electron chi connectivity index (χ3n) is 4.36. The van der Waals surface area contributed by atoms with Crippen LogP contribution >= 0.6 is 23.8 Å². The Labute approximate surface area is 182 Å². The Morgan fingerprint density at radius 1 is 1.20 bits per heavy atom. The van der Waals surface area contributed by atoms with Crippen molar-refractivity contribution in [3.8, 4) is 0 Å². The first-order valence-electron chi connectivity index (χ1n) is 9.07. The number of hydrazine groups is 1. The molecule has 0 unspecified atom stereocenters. The lowest BCUT2D eigenvalue weighted by atomic mass is 10.1. The molecule has 1 aliphatic rings. The molecule has 3 amide bonds. The Balaban J connectivity index is 1.91. The summed E-state index contributed by atoms with van der Waals surface area (Å²) in [6.45, 7) is 2.14. The van der Waals surface area contributed by atoms with Crippen molar-refractivity contribution in [2.75, 3.05) is 11.4 Å². The highest BCUT2D eigenvalue weighted by Gasteiger charge is 2.45. The van der Waals surface area contributed by atoms with Crippen molar-refractivity contribution >= 4 is 52.3 Å². The van der Waals surface area contributed by atoms with E-state index < -0.39 is 23.7 Å². The molecule has 1 heterocycles. The molecule has 0 radical (unpaired) electrons. The number of anilines is 1. The second-order valence-corrected chi connectivity index (χ2v) is 7.23. The lowest BCUT2D eigenvalue weighted by molar-refractivity contribution is -0.127. The molecular formula is C20H18ClFN4O3S. The molecule has 2 N–H and O–H groups in total. The third-order valence-corrected chi connectivity index (χ3v) is 4.99. The van der Waals surface area contributed by atoms with Gasteiger partial charge in [0.05, 0.1) is 12.1 Å². The van der Waals surface area contributed by atoms with Crippen molar-refractivity contribution in [2.24, 2.45) is 0 Å². The molecular weight excluding hydrogens is 431 g/mol. The summed E-state index contributed by atoms with van der Waals surface area (Å²) in [5.74, 6) is -2.09. The monoisotopic (exact) mass is 448 g/mol. The normalized spacial score (nSPS) is 16.0. The highest BCUT2D eigenvalue weighted by Crippen LogP contribution is 2.27. The van der Waals surface area contributed by atoms with Crippen LogP contribution in [0.5, 0.6) is 0 Å².